The van der Waals surface area contributed by atoms with Crippen molar-refractivity contribution in [1.29, 1.82) is 0 Å². The Balaban J connectivity index is 1.76. The van der Waals surface area contributed by atoms with Crippen LogP contribution in [0.2, 0.25) is 5.02 Å². The van der Waals surface area contributed by atoms with Gasteiger partial charge in [-0.25, -0.2) is 0 Å². The third-order valence-corrected chi connectivity index (χ3v) is 4.66. The molecule has 1 aliphatic rings. The summed E-state index contributed by atoms with van der Waals surface area (Å²) in [6.07, 6.45) is 0.0396. The summed E-state index contributed by atoms with van der Waals surface area (Å²) in [5.41, 5.74) is 1.36. The van der Waals surface area contributed by atoms with Crippen molar-refractivity contribution in [2.24, 2.45) is 5.92 Å². The Morgan fingerprint density at radius 3 is 2.73 bits per heavy atom. The number of nitro groups is 1. The monoisotopic (exact) mass is 373 g/mol. The molecular formula is C18H16ClN3O4. The van der Waals surface area contributed by atoms with E-state index in [-0.39, 0.29) is 30.5 Å². The van der Waals surface area contributed by atoms with Crippen LogP contribution in [0.5, 0.6) is 0 Å². The summed E-state index contributed by atoms with van der Waals surface area (Å²) in [5, 5.41) is 14.2. The fourth-order valence-corrected chi connectivity index (χ4v) is 3.08. The molecule has 0 radical (unpaired) electrons. The molecule has 1 fully saturated rings. The largest absolute Gasteiger partial charge is 0.324 e. The van der Waals surface area contributed by atoms with Gasteiger partial charge in [0.1, 0.15) is 0 Å². The predicted octanol–water partition coefficient (Wildman–Crippen LogP) is 3.55. The van der Waals surface area contributed by atoms with Gasteiger partial charge < -0.3 is 10.2 Å². The Hall–Kier alpha value is -2.93. The van der Waals surface area contributed by atoms with Crippen molar-refractivity contribution in [1.82, 2.24) is 0 Å². The molecule has 1 N–H and O–H groups in total. The minimum absolute atomic E-state index is 0.0396. The Labute approximate surface area is 154 Å². The molecule has 8 heteroatoms. The number of aryl methyl sites for hydroxylation is 1. The highest BCUT2D eigenvalue weighted by Crippen LogP contribution is 2.31. The smallest absolute Gasteiger partial charge is 0.274 e. The minimum Gasteiger partial charge on any atom is -0.324 e. The molecule has 0 bridgehead atoms. The summed E-state index contributed by atoms with van der Waals surface area (Å²) in [7, 11) is 0. The molecule has 1 saturated heterocycles. The quantitative estimate of drug-likeness (QED) is 0.655. The molecule has 26 heavy (non-hydrogen) atoms. The Morgan fingerprint density at radius 2 is 2.04 bits per heavy atom. The lowest BCUT2D eigenvalue weighted by atomic mass is 10.1. The van der Waals surface area contributed by atoms with Gasteiger partial charge >= 0.3 is 0 Å². The second kappa shape index (κ2) is 7.13. The van der Waals surface area contributed by atoms with Crippen molar-refractivity contribution in [2.75, 3.05) is 16.8 Å². The first-order valence-corrected chi connectivity index (χ1v) is 8.35. The normalized spacial score (nSPS) is 16.6. The number of carbonyl (C=O) groups excluding carboxylic acids is 2. The first kappa shape index (κ1) is 17.9. The third-order valence-electron chi connectivity index (χ3n) is 4.33. The zero-order valence-corrected chi connectivity index (χ0v) is 14.7. The van der Waals surface area contributed by atoms with Crippen LogP contribution < -0.4 is 10.2 Å². The maximum Gasteiger partial charge on any atom is 0.274 e. The maximum atomic E-state index is 12.5. The van der Waals surface area contributed by atoms with Gasteiger partial charge in [-0.1, -0.05) is 29.8 Å². The lowest BCUT2D eigenvalue weighted by molar-refractivity contribution is -0.385. The van der Waals surface area contributed by atoms with Crippen LogP contribution in [-0.4, -0.2) is 23.3 Å². The van der Waals surface area contributed by atoms with Gasteiger partial charge in [0, 0.05) is 24.6 Å². The van der Waals surface area contributed by atoms with Gasteiger partial charge in [0.15, 0.2) is 0 Å². The summed E-state index contributed by atoms with van der Waals surface area (Å²) in [6.45, 7) is 1.79. The number of amides is 2. The average Bonchev–Trinajstić information content (AvgIpc) is 2.99. The minimum atomic E-state index is -0.556. The molecule has 0 saturated carbocycles. The molecule has 1 atom stereocenters. The van der Waals surface area contributed by atoms with Crippen molar-refractivity contribution < 1.29 is 14.5 Å². The van der Waals surface area contributed by atoms with E-state index in [0.717, 1.165) is 0 Å². The van der Waals surface area contributed by atoms with E-state index in [2.05, 4.69) is 5.32 Å². The van der Waals surface area contributed by atoms with Crippen LogP contribution in [0, 0.1) is 23.0 Å². The lowest BCUT2D eigenvalue weighted by Crippen LogP contribution is -2.28. The fourth-order valence-electron chi connectivity index (χ4n) is 2.89. The fraction of sp³-hybridized carbons (Fsp3) is 0.222. The molecular weight excluding hydrogens is 358 g/mol. The molecule has 3 rings (SSSR count). The Bertz CT molecular complexity index is 900. The number of hydrogen-bond donors (Lipinski definition) is 1. The number of nitro benzene ring substituents is 1. The number of para-hydroxylation sites is 1. The SMILES string of the molecule is Cc1ccc(N2C[C@H](C(=O)Nc3ccccc3Cl)CC2=O)cc1[N+](=O)[O-]. The second-order valence-electron chi connectivity index (χ2n) is 6.10. The van der Waals surface area contributed by atoms with Gasteiger partial charge in [-0.2, -0.15) is 0 Å². The maximum absolute atomic E-state index is 12.5. The number of hydrogen-bond acceptors (Lipinski definition) is 4. The summed E-state index contributed by atoms with van der Waals surface area (Å²) < 4.78 is 0. The zero-order chi connectivity index (χ0) is 18.8. The van der Waals surface area contributed by atoms with Crippen molar-refractivity contribution in [3.63, 3.8) is 0 Å². The van der Waals surface area contributed by atoms with Crippen LogP contribution in [-0.2, 0) is 9.59 Å². The molecule has 0 aliphatic carbocycles. The van der Waals surface area contributed by atoms with Gasteiger partial charge in [-0.15, -0.1) is 0 Å². The average molecular weight is 374 g/mol. The molecule has 7 nitrogen and oxygen atoms in total. The molecule has 134 valence electrons. The van der Waals surface area contributed by atoms with Gasteiger partial charge in [0.2, 0.25) is 11.8 Å². The number of rotatable bonds is 4. The summed E-state index contributed by atoms with van der Waals surface area (Å²) >= 11 is 6.03. The summed E-state index contributed by atoms with van der Waals surface area (Å²) in [4.78, 5) is 36.8. The highest BCUT2D eigenvalue weighted by molar-refractivity contribution is 6.33. The van der Waals surface area contributed by atoms with E-state index < -0.39 is 10.8 Å². The van der Waals surface area contributed by atoms with Gasteiger partial charge in [0.25, 0.3) is 5.69 Å². The van der Waals surface area contributed by atoms with E-state index in [0.29, 0.717) is 22.0 Å². The number of nitrogens with one attached hydrogen (secondary N) is 1. The van der Waals surface area contributed by atoms with Crippen LogP contribution in [0.1, 0.15) is 12.0 Å². The Morgan fingerprint density at radius 1 is 1.31 bits per heavy atom. The predicted molar refractivity (Wildman–Crippen MR) is 98.4 cm³/mol. The summed E-state index contributed by atoms with van der Waals surface area (Å²) in [6, 6.07) is 11.4. The molecule has 0 unspecified atom stereocenters. The molecule has 1 aliphatic heterocycles. The van der Waals surface area contributed by atoms with Crippen molar-refractivity contribution in [3.05, 3.63) is 63.2 Å². The highest BCUT2D eigenvalue weighted by Gasteiger charge is 2.36. The van der Waals surface area contributed by atoms with Crippen molar-refractivity contribution in [3.8, 4) is 0 Å². The Kier molecular flexibility index (Phi) is 4.90. The highest BCUT2D eigenvalue weighted by atomic mass is 35.5. The van der Waals surface area contributed by atoms with E-state index in [1.807, 2.05) is 0 Å². The van der Waals surface area contributed by atoms with Gasteiger partial charge in [-0.05, 0) is 25.1 Å². The number of nitrogens with zero attached hydrogens (tertiary/aromatic N) is 2. The molecule has 0 aromatic heterocycles. The molecule has 0 spiro atoms. The van der Waals surface area contributed by atoms with E-state index >= 15 is 0 Å². The second-order valence-corrected chi connectivity index (χ2v) is 6.51. The van der Waals surface area contributed by atoms with Crippen molar-refractivity contribution >= 4 is 40.5 Å². The van der Waals surface area contributed by atoms with Crippen LogP contribution in [0.3, 0.4) is 0 Å². The third kappa shape index (κ3) is 3.52. The molecule has 2 amide bonds. The molecule has 2 aromatic rings. The van der Waals surface area contributed by atoms with Crippen LogP contribution in [0.15, 0.2) is 42.5 Å². The van der Waals surface area contributed by atoms with Crippen LogP contribution in [0.25, 0.3) is 0 Å². The molecule has 2 aromatic carbocycles. The van der Waals surface area contributed by atoms with E-state index in [9.17, 15) is 19.7 Å². The van der Waals surface area contributed by atoms with E-state index in [1.54, 1.807) is 43.3 Å². The number of halogens is 1. The molecule has 1 heterocycles. The van der Waals surface area contributed by atoms with E-state index in [1.165, 1.54) is 11.0 Å². The zero-order valence-electron chi connectivity index (χ0n) is 13.9. The van der Waals surface area contributed by atoms with Crippen LogP contribution in [0.4, 0.5) is 17.1 Å². The lowest BCUT2D eigenvalue weighted by Gasteiger charge is -2.17. The number of anilines is 2. The first-order valence-electron chi connectivity index (χ1n) is 7.97. The summed E-state index contributed by atoms with van der Waals surface area (Å²) in [5.74, 6) is -1.11. The number of benzene rings is 2. The van der Waals surface area contributed by atoms with Crippen molar-refractivity contribution in [2.45, 2.75) is 13.3 Å². The van der Waals surface area contributed by atoms with Crippen LogP contribution >= 0.6 is 11.6 Å². The van der Waals surface area contributed by atoms with E-state index in [4.69, 9.17) is 11.6 Å². The topological polar surface area (TPSA) is 92.6 Å². The standard InChI is InChI=1S/C18H16ClN3O4/c1-11-6-7-13(9-16(11)22(25)26)21-10-12(8-17(21)23)18(24)20-15-5-3-2-4-14(15)19/h2-7,9,12H,8,10H2,1H3,(H,20,24)/t12-/m1/s1. The van der Waals surface area contributed by atoms with Gasteiger partial charge in [-0.3, -0.25) is 19.7 Å². The first-order chi connectivity index (χ1) is 12.4. The number of carbonyl (C=O) groups is 2. The van der Waals surface area contributed by atoms with Gasteiger partial charge in [0.05, 0.1) is 27.2 Å².